The summed E-state index contributed by atoms with van der Waals surface area (Å²) >= 11 is 0. The van der Waals surface area contributed by atoms with Crippen LogP contribution in [0.5, 0.6) is 11.6 Å². The van der Waals surface area contributed by atoms with Gasteiger partial charge >= 0.3 is 13.7 Å². The van der Waals surface area contributed by atoms with Crippen molar-refractivity contribution in [2.75, 3.05) is 25.6 Å². The number of alkyl halides is 2. The van der Waals surface area contributed by atoms with Crippen LogP contribution in [0.15, 0.2) is 36.7 Å². The molecule has 4 N–H and O–H groups in total. The molecule has 14 nitrogen and oxygen atoms in total. The maximum Gasteiger partial charge on any atom is 0.458 e. The Balaban J connectivity index is 1.96. The largest absolute Gasteiger partial charge is 0.476 e. The molecule has 0 bridgehead atoms. The Labute approximate surface area is 249 Å². The van der Waals surface area contributed by atoms with E-state index in [9.17, 15) is 18.9 Å². The molecule has 0 radical (unpaired) electrons. The van der Waals surface area contributed by atoms with Gasteiger partial charge in [0, 0.05) is 0 Å². The first-order valence-electron chi connectivity index (χ1n) is 13.4. The van der Waals surface area contributed by atoms with E-state index in [4.69, 9.17) is 29.0 Å². The number of para-hydroxylation sites is 1. The van der Waals surface area contributed by atoms with Crippen molar-refractivity contribution >= 4 is 46.5 Å². The van der Waals surface area contributed by atoms with E-state index in [1.807, 2.05) is 0 Å². The number of aromatic nitrogens is 4. The van der Waals surface area contributed by atoms with Crippen molar-refractivity contribution in [1.82, 2.24) is 24.6 Å². The van der Waals surface area contributed by atoms with E-state index in [-0.39, 0.29) is 35.3 Å². The van der Waals surface area contributed by atoms with Gasteiger partial charge in [0.05, 0.1) is 24.4 Å². The highest BCUT2D eigenvalue weighted by Gasteiger charge is 2.54. The van der Waals surface area contributed by atoms with Crippen LogP contribution in [0.25, 0.3) is 11.2 Å². The molecule has 0 saturated carbocycles. The minimum Gasteiger partial charge on any atom is -0.476 e. The highest BCUT2D eigenvalue weighted by Crippen LogP contribution is 2.50. The van der Waals surface area contributed by atoms with Gasteiger partial charge in [-0.15, -0.1) is 0 Å². The molecule has 2 heterocycles. The van der Waals surface area contributed by atoms with E-state index in [0.29, 0.717) is 0 Å². The zero-order valence-corrected chi connectivity index (χ0v) is 25.6. The molecule has 3 rings (SSSR count). The predicted octanol–water partition coefficient (Wildman–Crippen LogP) is 1.00. The first kappa shape index (κ1) is 34.2. The molecule has 234 valence electrons. The Morgan fingerprint density at radius 1 is 1.23 bits per heavy atom. The number of rotatable bonds is 16. The van der Waals surface area contributed by atoms with E-state index in [1.54, 1.807) is 39.0 Å². The standard InChI is InChI=1S/C24H35B2F2N6O8P/c1-5-38-20-18-19(31-22(29)32-20)34(13-30-18)17(11-27)40-23(28,12-35)24(25,26)42-43(37,41-16-9-7-6-8-10-16)33-15(4)21(36)39-14(2)3/h6-10,13-15,17,35H,5,11-12,25-26H2,1-4H3,(H,33,37)(H2,29,31,32)/t15-,17+,23-,43?/m0/s1. The topological polar surface area (TPSA) is 182 Å². The summed E-state index contributed by atoms with van der Waals surface area (Å²) in [6, 6.07) is 6.54. The van der Waals surface area contributed by atoms with E-state index in [0.717, 1.165) is 26.6 Å². The Hall–Kier alpha value is -3.30. The summed E-state index contributed by atoms with van der Waals surface area (Å²) < 4.78 is 73.4. The Morgan fingerprint density at radius 3 is 2.49 bits per heavy atom. The van der Waals surface area contributed by atoms with Crippen molar-refractivity contribution in [3.63, 3.8) is 0 Å². The number of anilines is 1. The van der Waals surface area contributed by atoms with E-state index < -0.39 is 56.6 Å². The number of nitrogen functional groups attached to an aromatic ring is 1. The number of nitrogens with two attached hydrogens (primary N) is 1. The third-order valence-electron chi connectivity index (χ3n) is 5.93. The molecule has 0 fully saturated rings. The van der Waals surface area contributed by atoms with Crippen molar-refractivity contribution < 1.29 is 46.5 Å². The number of nitrogens with one attached hydrogen (secondary N) is 1. The zero-order valence-electron chi connectivity index (χ0n) is 24.7. The monoisotopic (exact) mass is 626 g/mol. The van der Waals surface area contributed by atoms with E-state index >= 15 is 4.39 Å². The quantitative estimate of drug-likeness (QED) is 0.117. The number of esters is 1. The number of hydrogen-bond donors (Lipinski definition) is 3. The Morgan fingerprint density at radius 2 is 1.91 bits per heavy atom. The van der Waals surface area contributed by atoms with Crippen molar-refractivity contribution in [2.24, 2.45) is 0 Å². The third-order valence-corrected chi connectivity index (χ3v) is 7.78. The summed E-state index contributed by atoms with van der Waals surface area (Å²) in [6.07, 6.45) is -1.13. The highest BCUT2D eigenvalue weighted by molar-refractivity contribution is 7.52. The van der Waals surface area contributed by atoms with Gasteiger partial charge in [-0.3, -0.25) is 13.9 Å². The number of ether oxygens (including phenoxy) is 3. The van der Waals surface area contributed by atoms with Crippen LogP contribution in [0.1, 0.15) is 33.9 Å². The summed E-state index contributed by atoms with van der Waals surface area (Å²) in [5, 5.41) is 10.3. The van der Waals surface area contributed by atoms with Gasteiger partial charge in [-0.25, -0.2) is 18.3 Å². The van der Waals surface area contributed by atoms with E-state index in [2.05, 4.69) is 20.0 Å². The van der Waals surface area contributed by atoms with Gasteiger partial charge in [-0.05, 0) is 39.8 Å². The van der Waals surface area contributed by atoms with Gasteiger partial charge < -0.3 is 29.6 Å². The number of imidazole rings is 1. The molecule has 43 heavy (non-hydrogen) atoms. The molecule has 1 unspecified atom stereocenters. The molecule has 0 saturated heterocycles. The number of aliphatic hydroxyl groups excluding tert-OH is 1. The number of fused-ring (bicyclic) bond motifs is 1. The lowest BCUT2D eigenvalue weighted by Gasteiger charge is -2.42. The number of carbonyl (C=O) groups is 1. The van der Waals surface area contributed by atoms with Crippen LogP contribution in [0, 0.1) is 0 Å². The number of halogens is 2. The smallest absolute Gasteiger partial charge is 0.458 e. The van der Waals surface area contributed by atoms with Gasteiger partial charge in [0.25, 0.3) is 0 Å². The molecule has 19 heteroatoms. The van der Waals surface area contributed by atoms with Gasteiger partial charge in [0.15, 0.2) is 17.4 Å². The fraction of sp³-hybridized carbons (Fsp3) is 0.500. The molecule has 0 aliphatic carbocycles. The van der Waals surface area contributed by atoms with E-state index in [1.165, 1.54) is 19.1 Å². The van der Waals surface area contributed by atoms with Crippen LogP contribution < -0.4 is 20.1 Å². The summed E-state index contributed by atoms with van der Waals surface area (Å²) in [7, 11) is -2.43. The minimum atomic E-state index is -4.65. The maximum absolute atomic E-state index is 16.6. The van der Waals surface area contributed by atoms with Gasteiger partial charge in [-0.1, -0.05) is 18.2 Å². The van der Waals surface area contributed by atoms with Crippen molar-refractivity contribution in [3.05, 3.63) is 36.7 Å². The maximum atomic E-state index is 16.6. The normalized spacial score (nSPS) is 16.3. The average Bonchev–Trinajstić information content (AvgIpc) is 3.35. The third kappa shape index (κ3) is 8.21. The fourth-order valence-electron chi connectivity index (χ4n) is 3.79. The lowest BCUT2D eigenvalue weighted by molar-refractivity contribution is -0.256. The lowest BCUT2D eigenvalue weighted by atomic mass is 9.61. The van der Waals surface area contributed by atoms with Gasteiger partial charge in [-0.2, -0.15) is 15.1 Å². The fourth-order valence-corrected chi connectivity index (χ4v) is 5.65. The van der Waals surface area contributed by atoms with Crippen LogP contribution in [0.4, 0.5) is 14.7 Å². The van der Waals surface area contributed by atoms with Gasteiger partial charge in [0.1, 0.15) is 40.8 Å². The molecular formula is C24H35B2F2N6O8P. The molecule has 0 aliphatic heterocycles. The molecular weight excluding hydrogens is 591 g/mol. The number of nitrogens with zero attached hydrogens (tertiary/aromatic N) is 4. The second kappa shape index (κ2) is 14.0. The molecule has 0 spiro atoms. The van der Waals surface area contributed by atoms with Gasteiger partial charge in [0.2, 0.25) is 17.7 Å². The molecule has 2 aromatic heterocycles. The van der Waals surface area contributed by atoms with Crippen molar-refractivity contribution in [3.8, 4) is 11.6 Å². The molecule has 0 aliphatic rings. The zero-order chi connectivity index (χ0) is 32.0. The van der Waals surface area contributed by atoms with Crippen LogP contribution in [0.2, 0.25) is 0 Å². The van der Waals surface area contributed by atoms with Crippen LogP contribution in [0.3, 0.4) is 0 Å². The Kier molecular flexibility index (Phi) is 11.1. The van der Waals surface area contributed by atoms with Crippen molar-refractivity contribution in [1.29, 1.82) is 0 Å². The predicted molar refractivity (Wildman–Crippen MR) is 157 cm³/mol. The first-order chi connectivity index (χ1) is 20.2. The number of aliphatic hydroxyl groups is 1. The molecule has 4 atom stereocenters. The lowest BCUT2D eigenvalue weighted by Crippen LogP contribution is -2.59. The second-order valence-corrected chi connectivity index (χ2v) is 11.7. The van der Waals surface area contributed by atoms with Crippen LogP contribution in [-0.2, 0) is 23.4 Å². The molecule has 1 aromatic carbocycles. The summed E-state index contributed by atoms with van der Waals surface area (Å²) in [4.78, 5) is 24.6. The average molecular weight is 626 g/mol. The highest BCUT2D eigenvalue weighted by atomic mass is 31.2. The Bertz CT molecular complexity index is 1440. The molecule has 3 aromatic rings. The summed E-state index contributed by atoms with van der Waals surface area (Å²) in [5.41, 5.74) is 5.84. The first-order valence-corrected chi connectivity index (χ1v) is 14.9. The summed E-state index contributed by atoms with van der Waals surface area (Å²) in [5.74, 6) is -4.14. The number of benzene rings is 1. The SMILES string of the molecule is BC(B)(OP(=O)(N[C@@H](C)C(=O)OC(C)C)Oc1ccccc1)[C@](F)(CO)O[C@H](CF)n1cnc2c(OCC)nc(N)nc21. The number of hydrogen-bond acceptors (Lipinski definition) is 12. The van der Waals surface area contributed by atoms with Crippen LogP contribution >= 0.6 is 7.75 Å². The second-order valence-electron chi connectivity index (χ2n) is 10.1. The van der Waals surface area contributed by atoms with Crippen LogP contribution in [-0.4, -0.2) is 89.6 Å². The minimum absolute atomic E-state index is 0.0221. The number of carbonyl (C=O) groups excluding carboxylic acids is 1. The molecule has 0 amide bonds. The summed E-state index contributed by atoms with van der Waals surface area (Å²) in [6.45, 7) is 3.83. The van der Waals surface area contributed by atoms with Crippen molar-refractivity contribution in [2.45, 2.75) is 57.3 Å².